The topological polar surface area (TPSA) is 67.9 Å². The van der Waals surface area contributed by atoms with Crippen LogP contribution in [0.25, 0.3) is 0 Å². The first-order chi connectivity index (χ1) is 15.0. The number of hydrogen-bond donors (Lipinski definition) is 1. The molecule has 6 heteroatoms. The zero-order valence-corrected chi connectivity index (χ0v) is 18.2. The second kappa shape index (κ2) is 9.00. The van der Waals surface area contributed by atoms with E-state index in [0.29, 0.717) is 32.2 Å². The van der Waals surface area contributed by atoms with Gasteiger partial charge in [0.25, 0.3) is 0 Å². The zero-order chi connectivity index (χ0) is 21.8. The number of fused-ring (bicyclic) bond motifs is 1. The minimum Gasteiger partial charge on any atom is -0.497 e. The zero-order valence-electron chi connectivity index (χ0n) is 18.2. The number of nitrogens with zero attached hydrogens (tertiary/aromatic N) is 1. The molecular formula is C25H30N2O4. The van der Waals surface area contributed by atoms with Gasteiger partial charge in [-0.25, -0.2) is 0 Å². The molecule has 2 aromatic carbocycles. The molecule has 2 aliphatic rings. The maximum atomic E-state index is 12.9. The van der Waals surface area contributed by atoms with Crippen LogP contribution in [0.15, 0.2) is 48.5 Å². The van der Waals surface area contributed by atoms with E-state index in [9.17, 15) is 9.59 Å². The lowest BCUT2D eigenvalue weighted by Gasteiger charge is -2.30. The predicted octanol–water partition coefficient (Wildman–Crippen LogP) is 3.13. The fraction of sp³-hybridized carbons (Fsp3) is 0.440. The van der Waals surface area contributed by atoms with Crippen molar-refractivity contribution in [1.82, 2.24) is 10.2 Å². The number of amides is 2. The number of likely N-dealkylation sites (N-methyl/N-ethyl adjacent to an activating group) is 1. The van der Waals surface area contributed by atoms with E-state index in [1.54, 1.807) is 12.0 Å². The highest BCUT2D eigenvalue weighted by Gasteiger charge is 2.38. The van der Waals surface area contributed by atoms with Gasteiger partial charge in [0.2, 0.25) is 11.8 Å². The minimum absolute atomic E-state index is 0.00853. The van der Waals surface area contributed by atoms with E-state index in [4.69, 9.17) is 9.47 Å². The molecule has 31 heavy (non-hydrogen) atoms. The van der Waals surface area contributed by atoms with Crippen molar-refractivity contribution in [3.05, 3.63) is 59.7 Å². The molecule has 0 spiro atoms. The molecule has 6 nitrogen and oxygen atoms in total. The maximum Gasteiger partial charge on any atom is 0.222 e. The first kappa shape index (κ1) is 21.2. The number of para-hydroxylation sites is 1. The largest absolute Gasteiger partial charge is 0.497 e. The molecule has 0 bridgehead atoms. The highest BCUT2D eigenvalue weighted by atomic mass is 16.5. The number of carbonyl (C=O) groups is 2. The van der Waals surface area contributed by atoms with Crippen LogP contribution in [-0.2, 0) is 22.4 Å². The third-order valence-corrected chi connectivity index (χ3v) is 6.37. The van der Waals surface area contributed by atoms with Crippen molar-refractivity contribution >= 4 is 11.8 Å². The summed E-state index contributed by atoms with van der Waals surface area (Å²) in [5.74, 6) is 1.86. The molecular weight excluding hydrogens is 392 g/mol. The van der Waals surface area contributed by atoms with Crippen LogP contribution in [0.2, 0.25) is 0 Å². The Kier molecular flexibility index (Phi) is 6.16. The number of rotatable bonds is 8. The Morgan fingerprint density at radius 2 is 2.00 bits per heavy atom. The molecule has 2 amide bonds. The van der Waals surface area contributed by atoms with Crippen molar-refractivity contribution in [3.8, 4) is 11.5 Å². The Balaban J connectivity index is 1.33. The third-order valence-electron chi connectivity index (χ3n) is 6.37. The molecule has 0 saturated carbocycles. The lowest BCUT2D eigenvalue weighted by atomic mass is 9.85. The molecule has 2 heterocycles. The van der Waals surface area contributed by atoms with Gasteiger partial charge >= 0.3 is 0 Å². The average molecular weight is 423 g/mol. The van der Waals surface area contributed by atoms with E-state index in [0.717, 1.165) is 29.9 Å². The molecule has 0 aromatic heterocycles. The van der Waals surface area contributed by atoms with Crippen LogP contribution in [0.5, 0.6) is 11.5 Å². The fourth-order valence-electron chi connectivity index (χ4n) is 4.62. The van der Waals surface area contributed by atoms with E-state index in [-0.39, 0.29) is 23.5 Å². The second-order valence-corrected chi connectivity index (χ2v) is 8.68. The molecule has 1 fully saturated rings. The van der Waals surface area contributed by atoms with Crippen LogP contribution in [-0.4, -0.2) is 49.1 Å². The molecule has 1 N–H and O–H groups in total. The van der Waals surface area contributed by atoms with Gasteiger partial charge in [0.05, 0.1) is 13.7 Å². The Bertz CT molecular complexity index is 918. The minimum atomic E-state index is -0.373. The average Bonchev–Trinajstić information content (AvgIpc) is 3.35. The first-order valence-electron chi connectivity index (χ1n) is 10.9. The van der Waals surface area contributed by atoms with E-state index in [1.165, 1.54) is 5.56 Å². The van der Waals surface area contributed by atoms with Gasteiger partial charge in [0, 0.05) is 31.8 Å². The highest BCUT2D eigenvalue weighted by molar-refractivity contribution is 5.80. The molecule has 2 atom stereocenters. The summed E-state index contributed by atoms with van der Waals surface area (Å²) in [5.41, 5.74) is 1.95. The van der Waals surface area contributed by atoms with Gasteiger partial charge in [-0.2, -0.15) is 0 Å². The van der Waals surface area contributed by atoms with Crippen molar-refractivity contribution in [3.63, 3.8) is 0 Å². The molecule has 164 valence electrons. The molecule has 0 aliphatic carbocycles. The summed E-state index contributed by atoms with van der Waals surface area (Å²) < 4.78 is 11.2. The van der Waals surface area contributed by atoms with E-state index >= 15 is 0 Å². The molecule has 2 aliphatic heterocycles. The summed E-state index contributed by atoms with van der Waals surface area (Å²) in [4.78, 5) is 26.6. The van der Waals surface area contributed by atoms with Crippen molar-refractivity contribution < 1.29 is 19.1 Å². The van der Waals surface area contributed by atoms with Crippen LogP contribution < -0.4 is 14.8 Å². The Hall–Kier alpha value is -3.02. The normalized spacial score (nSPS) is 21.9. The summed E-state index contributed by atoms with van der Waals surface area (Å²) in [6.07, 6.45) is 3.80. The summed E-state index contributed by atoms with van der Waals surface area (Å²) in [6.45, 7) is 0.561. The number of ether oxygens (including phenoxy) is 2. The lowest BCUT2D eigenvalue weighted by Crippen LogP contribution is -2.45. The van der Waals surface area contributed by atoms with Gasteiger partial charge in [0.1, 0.15) is 17.6 Å². The van der Waals surface area contributed by atoms with Crippen LogP contribution >= 0.6 is 0 Å². The van der Waals surface area contributed by atoms with Gasteiger partial charge in [-0.05, 0) is 48.6 Å². The summed E-state index contributed by atoms with van der Waals surface area (Å²) in [7, 11) is 3.48. The Morgan fingerprint density at radius 1 is 1.23 bits per heavy atom. The third kappa shape index (κ3) is 5.01. The van der Waals surface area contributed by atoms with Crippen LogP contribution in [0.3, 0.4) is 0 Å². The number of methoxy groups -OCH3 is 1. The van der Waals surface area contributed by atoms with Crippen molar-refractivity contribution in [2.24, 2.45) is 0 Å². The molecule has 4 rings (SSSR count). The Morgan fingerprint density at radius 3 is 2.68 bits per heavy atom. The predicted molar refractivity (Wildman–Crippen MR) is 118 cm³/mol. The standard InChI is InChI=1S/C25H30N2O4/c1-27(17-21-15-19-5-3-4-6-22(19)31-21)24(29)12-14-25(13-11-23(28)26-25)16-18-7-9-20(30-2)10-8-18/h3-10,21H,11-17H2,1-2H3,(H,26,28)/t21-,25-/m0/s1. The maximum absolute atomic E-state index is 12.9. The van der Waals surface area contributed by atoms with Gasteiger partial charge in [-0.1, -0.05) is 30.3 Å². The van der Waals surface area contributed by atoms with E-state index < -0.39 is 0 Å². The van der Waals surface area contributed by atoms with Gasteiger partial charge in [0.15, 0.2) is 0 Å². The monoisotopic (exact) mass is 422 g/mol. The van der Waals surface area contributed by atoms with Crippen molar-refractivity contribution in [2.45, 2.75) is 50.2 Å². The summed E-state index contributed by atoms with van der Waals surface area (Å²) in [6, 6.07) is 15.9. The van der Waals surface area contributed by atoms with Gasteiger partial charge in [-0.3, -0.25) is 9.59 Å². The molecule has 0 unspecified atom stereocenters. The van der Waals surface area contributed by atoms with Crippen molar-refractivity contribution in [2.75, 3.05) is 20.7 Å². The fourth-order valence-corrected chi connectivity index (χ4v) is 4.62. The molecule has 0 radical (unpaired) electrons. The van der Waals surface area contributed by atoms with Gasteiger partial charge < -0.3 is 19.7 Å². The highest BCUT2D eigenvalue weighted by Crippen LogP contribution is 2.31. The van der Waals surface area contributed by atoms with Gasteiger partial charge in [-0.15, -0.1) is 0 Å². The van der Waals surface area contributed by atoms with Crippen molar-refractivity contribution in [1.29, 1.82) is 0 Å². The van der Waals surface area contributed by atoms with E-state index in [1.807, 2.05) is 49.5 Å². The first-order valence-corrected chi connectivity index (χ1v) is 10.9. The number of nitrogens with one attached hydrogen (secondary N) is 1. The number of carbonyl (C=O) groups excluding carboxylic acids is 2. The van der Waals surface area contributed by atoms with Crippen LogP contribution in [0.1, 0.15) is 36.8 Å². The quantitative estimate of drug-likeness (QED) is 0.710. The lowest BCUT2D eigenvalue weighted by molar-refractivity contribution is -0.131. The number of benzene rings is 2. The second-order valence-electron chi connectivity index (χ2n) is 8.68. The molecule has 2 aromatic rings. The number of hydrogen-bond acceptors (Lipinski definition) is 4. The summed E-state index contributed by atoms with van der Waals surface area (Å²) >= 11 is 0. The van der Waals surface area contributed by atoms with Crippen LogP contribution in [0.4, 0.5) is 0 Å². The summed E-state index contributed by atoms with van der Waals surface area (Å²) in [5, 5.41) is 3.16. The SMILES string of the molecule is COc1ccc(C[C@@]2(CCC(=O)N(C)C[C@@H]3Cc4ccccc4O3)CCC(=O)N2)cc1. The van der Waals surface area contributed by atoms with Crippen LogP contribution in [0, 0.1) is 0 Å². The smallest absolute Gasteiger partial charge is 0.222 e. The Labute approximate surface area is 183 Å². The van der Waals surface area contributed by atoms with E-state index in [2.05, 4.69) is 11.4 Å². The molecule has 1 saturated heterocycles.